The van der Waals surface area contributed by atoms with Crippen molar-refractivity contribution in [3.8, 4) is 5.88 Å². The molecular formula is C22H22N2O2S. The van der Waals surface area contributed by atoms with Crippen LogP contribution in [0.3, 0.4) is 0 Å². The number of amides is 1. The van der Waals surface area contributed by atoms with Crippen LogP contribution in [0, 0.1) is 0 Å². The highest BCUT2D eigenvalue weighted by molar-refractivity contribution is 7.98. The van der Waals surface area contributed by atoms with E-state index in [1.165, 1.54) is 5.56 Å². The zero-order valence-corrected chi connectivity index (χ0v) is 16.3. The predicted molar refractivity (Wildman–Crippen MR) is 109 cm³/mol. The second-order valence-corrected chi connectivity index (χ2v) is 7.21. The molecule has 0 N–H and O–H groups in total. The molecule has 0 aliphatic rings. The van der Waals surface area contributed by atoms with Crippen LogP contribution in [-0.4, -0.2) is 29.9 Å². The number of hydrogen-bond donors (Lipinski definition) is 0. The molecule has 1 heterocycles. The lowest BCUT2D eigenvalue weighted by Crippen LogP contribution is -2.22. The number of rotatable bonds is 7. The molecule has 0 atom stereocenters. The molecule has 0 aliphatic carbocycles. The van der Waals surface area contributed by atoms with E-state index in [2.05, 4.69) is 17.1 Å². The van der Waals surface area contributed by atoms with Crippen molar-refractivity contribution >= 4 is 17.7 Å². The first-order chi connectivity index (χ1) is 13.1. The molecular weight excluding hydrogens is 356 g/mol. The van der Waals surface area contributed by atoms with Gasteiger partial charge in [0.2, 0.25) is 5.88 Å². The number of thioether (sulfide) groups is 1. The van der Waals surface area contributed by atoms with E-state index in [9.17, 15) is 4.79 Å². The Balaban J connectivity index is 1.78. The van der Waals surface area contributed by atoms with Crippen molar-refractivity contribution in [3.05, 3.63) is 89.5 Å². The molecule has 27 heavy (non-hydrogen) atoms. The second kappa shape index (κ2) is 9.24. The van der Waals surface area contributed by atoms with Gasteiger partial charge in [0.25, 0.3) is 5.91 Å². The second-order valence-electron chi connectivity index (χ2n) is 6.25. The minimum absolute atomic E-state index is 0.0623. The maximum atomic E-state index is 12.5. The molecule has 0 bridgehead atoms. The van der Waals surface area contributed by atoms with Crippen LogP contribution in [0.5, 0.6) is 5.88 Å². The molecule has 1 aromatic heterocycles. The van der Waals surface area contributed by atoms with Crippen molar-refractivity contribution in [3.63, 3.8) is 0 Å². The van der Waals surface area contributed by atoms with Gasteiger partial charge in [-0.3, -0.25) is 4.79 Å². The Morgan fingerprint density at radius 1 is 0.926 bits per heavy atom. The fourth-order valence-corrected chi connectivity index (χ4v) is 3.44. The summed E-state index contributed by atoms with van der Waals surface area (Å²) in [6, 6.07) is 23.6. The van der Waals surface area contributed by atoms with Gasteiger partial charge in [0.15, 0.2) is 0 Å². The molecule has 1 amide bonds. The van der Waals surface area contributed by atoms with Crippen LogP contribution < -0.4 is 4.74 Å². The molecule has 138 valence electrons. The third-order valence-electron chi connectivity index (χ3n) is 3.92. The van der Waals surface area contributed by atoms with E-state index in [0.29, 0.717) is 23.1 Å². The molecule has 2 aromatic carbocycles. The van der Waals surface area contributed by atoms with E-state index in [1.807, 2.05) is 48.5 Å². The topological polar surface area (TPSA) is 42.4 Å². The van der Waals surface area contributed by atoms with Crippen molar-refractivity contribution in [2.75, 3.05) is 14.1 Å². The Morgan fingerprint density at radius 3 is 2.19 bits per heavy atom. The maximum absolute atomic E-state index is 12.5. The van der Waals surface area contributed by atoms with Gasteiger partial charge in [0, 0.05) is 25.9 Å². The first-order valence-corrected chi connectivity index (χ1v) is 9.68. The summed E-state index contributed by atoms with van der Waals surface area (Å²) in [5, 5.41) is 0.683. The quantitative estimate of drug-likeness (QED) is 0.561. The van der Waals surface area contributed by atoms with Gasteiger partial charge in [-0.05, 0) is 17.2 Å². The Bertz CT molecular complexity index is 883. The molecule has 0 fully saturated rings. The summed E-state index contributed by atoms with van der Waals surface area (Å²) in [5.41, 5.74) is 2.85. The van der Waals surface area contributed by atoms with E-state index < -0.39 is 0 Å². The fraction of sp³-hybridized carbons (Fsp3) is 0.182. The molecule has 5 heteroatoms. The van der Waals surface area contributed by atoms with E-state index >= 15 is 0 Å². The zero-order valence-electron chi connectivity index (χ0n) is 15.5. The zero-order chi connectivity index (χ0) is 19.1. The van der Waals surface area contributed by atoms with Gasteiger partial charge >= 0.3 is 0 Å². The van der Waals surface area contributed by atoms with Crippen molar-refractivity contribution in [1.29, 1.82) is 0 Å². The smallest absolute Gasteiger partial charge is 0.256 e. The SMILES string of the molecule is CN(C)C(=O)c1ccc(OCc2ccccc2)nc1SCc1ccccc1. The Labute approximate surface area is 164 Å². The lowest BCUT2D eigenvalue weighted by molar-refractivity contribution is 0.0823. The van der Waals surface area contributed by atoms with Gasteiger partial charge in [-0.2, -0.15) is 0 Å². The third-order valence-corrected chi connectivity index (χ3v) is 4.98. The summed E-state index contributed by atoms with van der Waals surface area (Å²) in [7, 11) is 3.49. The fourth-order valence-electron chi connectivity index (χ4n) is 2.48. The average molecular weight is 378 g/mol. The predicted octanol–water partition coefficient (Wildman–Crippen LogP) is 4.65. The molecule has 4 nitrogen and oxygen atoms in total. The molecule has 0 aliphatic heterocycles. The molecule has 3 rings (SSSR count). The maximum Gasteiger partial charge on any atom is 0.256 e. The summed E-state index contributed by atoms with van der Waals surface area (Å²) in [5.74, 6) is 1.20. The number of benzene rings is 2. The molecule has 0 unspecified atom stereocenters. The Kier molecular flexibility index (Phi) is 6.49. The van der Waals surface area contributed by atoms with Crippen molar-refractivity contribution in [1.82, 2.24) is 9.88 Å². The molecule has 0 saturated carbocycles. The molecule has 0 spiro atoms. The van der Waals surface area contributed by atoms with Crippen LogP contribution in [0.4, 0.5) is 0 Å². The van der Waals surface area contributed by atoms with E-state index in [1.54, 1.807) is 42.9 Å². The van der Waals surface area contributed by atoms with Crippen molar-refractivity contribution < 1.29 is 9.53 Å². The largest absolute Gasteiger partial charge is 0.473 e. The standard InChI is InChI=1S/C22H22N2O2S/c1-24(2)22(25)19-13-14-20(26-15-17-9-5-3-6-10-17)23-21(19)27-16-18-11-7-4-8-12-18/h3-14H,15-16H2,1-2H3. The van der Waals surface area contributed by atoms with Crippen molar-refractivity contribution in [2.45, 2.75) is 17.4 Å². The molecule has 0 saturated heterocycles. The van der Waals surface area contributed by atoms with Crippen LogP contribution in [-0.2, 0) is 12.4 Å². The number of ether oxygens (including phenoxy) is 1. The number of aromatic nitrogens is 1. The van der Waals surface area contributed by atoms with Gasteiger partial charge < -0.3 is 9.64 Å². The van der Waals surface area contributed by atoms with E-state index in [0.717, 1.165) is 11.3 Å². The summed E-state index contributed by atoms with van der Waals surface area (Å²) >= 11 is 1.54. The Hall–Kier alpha value is -2.79. The van der Waals surface area contributed by atoms with Crippen LogP contribution in [0.2, 0.25) is 0 Å². The summed E-state index contributed by atoms with van der Waals surface area (Å²) in [6.45, 7) is 0.442. The van der Waals surface area contributed by atoms with E-state index in [-0.39, 0.29) is 5.91 Å². The normalized spacial score (nSPS) is 10.4. The number of pyridine rings is 1. The average Bonchev–Trinajstić information content (AvgIpc) is 2.71. The van der Waals surface area contributed by atoms with Gasteiger partial charge in [-0.1, -0.05) is 60.7 Å². The van der Waals surface area contributed by atoms with E-state index in [4.69, 9.17) is 4.74 Å². The minimum atomic E-state index is -0.0623. The minimum Gasteiger partial charge on any atom is -0.473 e. The van der Waals surface area contributed by atoms with Crippen molar-refractivity contribution in [2.24, 2.45) is 0 Å². The Morgan fingerprint density at radius 2 is 1.56 bits per heavy atom. The monoisotopic (exact) mass is 378 g/mol. The molecule has 3 aromatic rings. The summed E-state index contributed by atoms with van der Waals surface area (Å²) in [6.07, 6.45) is 0. The summed E-state index contributed by atoms with van der Waals surface area (Å²) < 4.78 is 5.83. The first kappa shape index (κ1) is 19.0. The van der Waals surface area contributed by atoms with Gasteiger partial charge in [-0.25, -0.2) is 4.98 Å². The van der Waals surface area contributed by atoms with Crippen LogP contribution in [0.1, 0.15) is 21.5 Å². The lowest BCUT2D eigenvalue weighted by atomic mass is 10.2. The highest BCUT2D eigenvalue weighted by atomic mass is 32.2. The number of carbonyl (C=O) groups is 1. The molecule has 0 radical (unpaired) electrons. The highest BCUT2D eigenvalue weighted by Gasteiger charge is 2.16. The van der Waals surface area contributed by atoms with Gasteiger partial charge in [0.1, 0.15) is 11.6 Å². The number of carbonyl (C=O) groups excluding carboxylic acids is 1. The summed E-state index contributed by atoms with van der Waals surface area (Å²) in [4.78, 5) is 18.7. The highest BCUT2D eigenvalue weighted by Crippen LogP contribution is 2.27. The van der Waals surface area contributed by atoms with Crippen LogP contribution in [0.25, 0.3) is 0 Å². The first-order valence-electron chi connectivity index (χ1n) is 8.69. The van der Waals surface area contributed by atoms with Crippen LogP contribution >= 0.6 is 11.8 Å². The number of nitrogens with zero attached hydrogens (tertiary/aromatic N) is 2. The lowest BCUT2D eigenvalue weighted by Gasteiger charge is -2.14. The number of hydrogen-bond acceptors (Lipinski definition) is 4. The van der Waals surface area contributed by atoms with Gasteiger partial charge in [0.05, 0.1) is 5.56 Å². The van der Waals surface area contributed by atoms with Gasteiger partial charge in [-0.15, -0.1) is 11.8 Å². The van der Waals surface area contributed by atoms with Crippen LogP contribution in [0.15, 0.2) is 77.8 Å². The third kappa shape index (κ3) is 5.34.